The van der Waals surface area contributed by atoms with Crippen molar-refractivity contribution in [3.8, 4) is 11.1 Å². The minimum Gasteiger partial charge on any atom is -0.216 e. The molecule has 0 aromatic heterocycles. The molecule has 0 saturated heterocycles. The zero-order valence-corrected chi connectivity index (χ0v) is 12.4. The molecule has 2 aromatic rings. The zero-order valence-electron chi connectivity index (χ0n) is 11.6. The van der Waals surface area contributed by atoms with E-state index in [0.717, 1.165) is 6.07 Å². The molecule has 9 heteroatoms. The minimum atomic E-state index is -4.74. The Morgan fingerprint density at radius 2 is 1.57 bits per heavy atom. The second kappa shape index (κ2) is 6.26. The van der Waals surface area contributed by atoms with E-state index in [-0.39, 0.29) is 12.1 Å². The molecule has 2 rings (SSSR count). The van der Waals surface area contributed by atoms with Crippen LogP contribution >= 0.6 is 0 Å². The van der Waals surface area contributed by atoms with Crippen LogP contribution in [0.2, 0.25) is 0 Å². The number of benzene rings is 2. The van der Waals surface area contributed by atoms with Crippen LogP contribution in [0.25, 0.3) is 11.1 Å². The van der Waals surface area contributed by atoms with Gasteiger partial charge < -0.3 is 0 Å². The van der Waals surface area contributed by atoms with Gasteiger partial charge in [-0.05, 0) is 28.8 Å². The van der Waals surface area contributed by atoms with Gasteiger partial charge in [0.1, 0.15) is 5.82 Å². The first kappa shape index (κ1) is 17.4. The van der Waals surface area contributed by atoms with Gasteiger partial charge in [-0.2, -0.15) is 26.3 Å². The van der Waals surface area contributed by atoms with E-state index in [1.807, 2.05) is 0 Å². The average molecular weight is 348 g/mol. The summed E-state index contributed by atoms with van der Waals surface area (Å²) in [6.07, 6.45) is -4.74. The first-order chi connectivity index (χ1) is 10.6. The van der Waals surface area contributed by atoms with Gasteiger partial charge in [0.15, 0.2) is 0 Å². The van der Waals surface area contributed by atoms with Crippen LogP contribution in [0.4, 0.5) is 17.6 Å². The number of nitrogens with two attached hydrogens (primary N) is 1. The molecule has 0 unspecified atom stereocenters. The fourth-order valence-electron chi connectivity index (χ4n) is 1.92. The van der Waals surface area contributed by atoms with Crippen molar-refractivity contribution in [2.24, 2.45) is 5.14 Å². The predicted molar refractivity (Wildman–Crippen MR) is 76.8 cm³/mol. The van der Waals surface area contributed by atoms with E-state index in [1.54, 1.807) is 24.3 Å². The normalized spacial score (nSPS) is 12.4. The molecule has 0 spiro atoms. The fraction of sp³-hybridized carbons (Fsp3) is 0.143. The molecule has 23 heavy (non-hydrogen) atoms. The monoisotopic (exact) mass is 348 g/mol. The summed E-state index contributed by atoms with van der Waals surface area (Å²) in [5.74, 6) is -1.35. The smallest absolute Gasteiger partial charge is 0.216 e. The molecule has 124 valence electrons. The Hall–Kier alpha value is -1.97. The maximum atomic E-state index is 13.6. The van der Waals surface area contributed by atoms with Crippen LogP contribution in [0.5, 0.6) is 0 Å². The first-order valence-electron chi connectivity index (χ1n) is 6.30. The average Bonchev–Trinajstić information content (AvgIpc) is 2.43. The van der Waals surface area contributed by atoms with E-state index in [9.17, 15) is 26.0 Å². The lowest BCUT2D eigenvalue weighted by atomic mass is 10.0. The van der Waals surface area contributed by atoms with E-state index in [4.69, 9.17) is 5.14 Å². The van der Waals surface area contributed by atoms with Gasteiger partial charge in [-0.25, -0.2) is 9.53 Å². The van der Waals surface area contributed by atoms with Crippen LogP contribution in [0.15, 0.2) is 42.5 Å². The summed E-state index contributed by atoms with van der Waals surface area (Å²) >= 11 is 0. The lowest BCUT2D eigenvalue weighted by Crippen LogP contribution is -2.30. The molecule has 0 radical (unpaired) electrons. The first-order valence-corrected chi connectivity index (χ1v) is 7.84. The summed E-state index contributed by atoms with van der Waals surface area (Å²) < 4.78 is 74.7. The number of rotatable bonds is 4. The van der Waals surface area contributed by atoms with E-state index in [1.165, 1.54) is 6.07 Å². The fourth-order valence-corrected chi connectivity index (χ4v) is 2.29. The summed E-state index contributed by atoms with van der Waals surface area (Å²) in [5.41, 5.74) is 0.0452. The quantitative estimate of drug-likeness (QED) is 0.834. The number of halogens is 4. The van der Waals surface area contributed by atoms with Gasteiger partial charge in [-0.15, -0.1) is 0 Å². The molecule has 0 aliphatic carbocycles. The molecule has 4 nitrogen and oxygen atoms in total. The van der Waals surface area contributed by atoms with Gasteiger partial charge >= 0.3 is 6.18 Å². The Kier molecular flexibility index (Phi) is 4.73. The highest BCUT2D eigenvalue weighted by Gasteiger charge is 2.33. The lowest BCUT2D eigenvalue weighted by Gasteiger charge is -2.10. The van der Waals surface area contributed by atoms with Crippen molar-refractivity contribution in [1.82, 2.24) is 4.72 Å². The maximum Gasteiger partial charge on any atom is 0.419 e. The standard InChI is InChI=1S/C14H12F4N2O2S/c15-13-7-11(5-6-12(13)14(16,17)18)10-3-1-9(2-4-10)8-20-23(19,21)22/h1-7,20H,8H2,(H2,19,21,22). The molecule has 0 aliphatic heterocycles. The Morgan fingerprint density at radius 1 is 1.00 bits per heavy atom. The van der Waals surface area contributed by atoms with Crippen LogP contribution in [0.1, 0.15) is 11.1 Å². The molecule has 0 heterocycles. The summed E-state index contributed by atoms with van der Waals surface area (Å²) in [6, 6.07) is 8.86. The molecule has 0 amide bonds. The molecular formula is C14H12F4N2O2S. The van der Waals surface area contributed by atoms with Gasteiger partial charge in [-0.1, -0.05) is 30.3 Å². The van der Waals surface area contributed by atoms with Crippen LogP contribution in [0, 0.1) is 5.82 Å². The van der Waals surface area contributed by atoms with Crippen LogP contribution < -0.4 is 9.86 Å². The van der Waals surface area contributed by atoms with Crippen molar-refractivity contribution in [2.75, 3.05) is 0 Å². The van der Waals surface area contributed by atoms with Crippen molar-refractivity contribution in [3.63, 3.8) is 0 Å². The summed E-state index contributed by atoms with van der Waals surface area (Å²) in [5, 5.41) is 4.80. The third kappa shape index (κ3) is 4.75. The molecular weight excluding hydrogens is 336 g/mol. The van der Waals surface area contributed by atoms with Gasteiger partial charge in [0, 0.05) is 6.54 Å². The largest absolute Gasteiger partial charge is 0.419 e. The summed E-state index contributed by atoms with van der Waals surface area (Å²) in [7, 11) is -3.82. The molecule has 3 N–H and O–H groups in total. The van der Waals surface area contributed by atoms with E-state index in [0.29, 0.717) is 17.2 Å². The Balaban J connectivity index is 2.21. The second-order valence-corrected chi connectivity index (χ2v) is 6.13. The maximum absolute atomic E-state index is 13.6. The Morgan fingerprint density at radius 3 is 2.04 bits per heavy atom. The minimum absolute atomic E-state index is 0.0273. The number of hydrogen-bond donors (Lipinski definition) is 2. The molecule has 0 aliphatic rings. The van der Waals surface area contributed by atoms with E-state index < -0.39 is 27.8 Å². The summed E-state index contributed by atoms with van der Waals surface area (Å²) in [6.45, 7) is -0.0273. The number of nitrogens with one attached hydrogen (secondary N) is 1. The zero-order chi connectivity index (χ0) is 17.3. The van der Waals surface area contributed by atoms with Gasteiger partial charge in [0.05, 0.1) is 5.56 Å². The number of alkyl halides is 3. The van der Waals surface area contributed by atoms with Gasteiger partial charge in [-0.3, -0.25) is 0 Å². The lowest BCUT2D eigenvalue weighted by molar-refractivity contribution is -0.139. The van der Waals surface area contributed by atoms with Crippen molar-refractivity contribution < 1.29 is 26.0 Å². The Labute approximate surface area is 130 Å². The topological polar surface area (TPSA) is 72.2 Å². The Bertz CT molecular complexity index is 803. The van der Waals surface area contributed by atoms with Crippen molar-refractivity contribution in [1.29, 1.82) is 0 Å². The number of hydrogen-bond acceptors (Lipinski definition) is 2. The van der Waals surface area contributed by atoms with Crippen LogP contribution in [-0.4, -0.2) is 8.42 Å². The highest BCUT2D eigenvalue weighted by atomic mass is 32.2. The van der Waals surface area contributed by atoms with E-state index in [2.05, 4.69) is 4.72 Å². The molecule has 0 saturated carbocycles. The SMILES string of the molecule is NS(=O)(=O)NCc1ccc(-c2ccc(C(F)(F)F)c(F)c2)cc1. The predicted octanol–water partition coefficient (Wildman–Crippen LogP) is 2.80. The molecule has 0 bridgehead atoms. The van der Waals surface area contributed by atoms with Crippen LogP contribution in [0.3, 0.4) is 0 Å². The van der Waals surface area contributed by atoms with Gasteiger partial charge in [0.25, 0.3) is 10.2 Å². The third-order valence-corrected chi connectivity index (χ3v) is 3.59. The van der Waals surface area contributed by atoms with Crippen LogP contribution in [-0.2, 0) is 22.9 Å². The molecule has 2 aromatic carbocycles. The highest BCUT2D eigenvalue weighted by Crippen LogP contribution is 2.33. The van der Waals surface area contributed by atoms with Crippen molar-refractivity contribution >= 4 is 10.2 Å². The van der Waals surface area contributed by atoms with Crippen molar-refractivity contribution in [2.45, 2.75) is 12.7 Å². The second-order valence-electron chi connectivity index (χ2n) is 4.76. The van der Waals surface area contributed by atoms with Crippen molar-refractivity contribution in [3.05, 3.63) is 59.4 Å². The summed E-state index contributed by atoms with van der Waals surface area (Å²) in [4.78, 5) is 0. The molecule has 0 fully saturated rings. The van der Waals surface area contributed by atoms with Gasteiger partial charge in [0.2, 0.25) is 0 Å². The van der Waals surface area contributed by atoms with E-state index >= 15 is 0 Å². The highest BCUT2D eigenvalue weighted by molar-refractivity contribution is 7.87. The molecule has 0 atom stereocenters. The third-order valence-electron chi connectivity index (χ3n) is 3.04.